The van der Waals surface area contributed by atoms with Crippen molar-refractivity contribution in [3.8, 4) is 0 Å². The van der Waals surface area contributed by atoms with Gasteiger partial charge in [-0.3, -0.25) is 4.79 Å². The third kappa shape index (κ3) is 0.586. The van der Waals surface area contributed by atoms with Gasteiger partial charge in [0.15, 0.2) is 5.53 Å². The maximum absolute atomic E-state index is 10.5. The van der Waals surface area contributed by atoms with Gasteiger partial charge in [-0.05, 0) is 0 Å². The molecule has 0 aromatic carbocycles. The van der Waals surface area contributed by atoms with E-state index in [0.29, 0.717) is 5.53 Å². The van der Waals surface area contributed by atoms with Crippen molar-refractivity contribution in [1.29, 1.82) is 0 Å². The van der Waals surface area contributed by atoms with E-state index in [-0.39, 0.29) is 0 Å². The second-order valence-electron chi connectivity index (χ2n) is 2.57. The van der Waals surface area contributed by atoms with Crippen LogP contribution in [0.2, 0.25) is 13.1 Å². The molecule has 1 fully saturated rings. The van der Waals surface area contributed by atoms with Crippen LogP contribution in [0.3, 0.4) is 0 Å². The molecule has 0 radical (unpaired) electrons. The number of hydrogen-bond donors (Lipinski definition) is 1. The van der Waals surface area contributed by atoms with Crippen LogP contribution in [0.4, 0.5) is 4.79 Å². The van der Waals surface area contributed by atoms with E-state index in [1.54, 1.807) is 0 Å². The third-order valence-electron chi connectivity index (χ3n) is 1.31. The van der Waals surface area contributed by atoms with Gasteiger partial charge >= 0.3 is 0 Å². The quantitative estimate of drug-likeness (QED) is 0.435. The molecule has 1 amide bonds. The van der Waals surface area contributed by atoms with Crippen LogP contribution in [0.1, 0.15) is 0 Å². The molecule has 0 saturated carbocycles. The zero-order chi connectivity index (χ0) is 5.49. The highest BCUT2D eigenvalue weighted by Gasteiger charge is 2.40. The summed E-state index contributed by atoms with van der Waals surface area (Å²) >= 11 is 0. The predicted molar refractivity (Wildman–Crippen MR) is 33.2 cm³/mol. The van der Waals surface area contributed by atoms with Gasteiger partial charge in [-0.15, -0.1) is 0 Å². The van der Waals surface area contributed by atoms with Crippen LogP contribution in [0.25, 0.3) is 0 Å². The van der Waals surface area contributed by atoms with Crippen molar-refractivity contribution in [2.24, 2.45) is 0 Å². The van der Waals surface area contributed by atoms with Crippen LogP contribution >= 0.6 is 0 Å². The number of carbonyl (C=O) groups is 1. The Kier molecular flexibility index (Phi) is 0.786. The Labute approximate surface area is 44.5 Å². The number of rotatable bonds is 0. The van der Waals surface area contributed by atoms with Crippen molar-refractivity contribution in [2.45, 2.75) is 13.1 Å². The van der Waals surface area contributed by atoms with E-state index in [2.05, 4.69) is 18.3 Å². The van der Waals surface area contributed by atoms with E-state index >= 15 is 0 Å². The second kappa shape index (κ2) is 1.12. The number of hydrogen-bond acceptors (Lipinski definition) is 1. The van der Waals surface area contributed by atoms with Gasteiger partial charge in [0.05, 0.1) is 0 Å². The van der Waals surface area contributed by atoms with Crippen molar-refractivity contribution in [3.05, 3.63) is 0 Å². The molecule has 38 valence electrons. The Hall–Kier alpha value is -0.248. The van der Waals surface area contributed by atoms with Gasteiger partial charge in [-0.25, -0.2) is 0 Å². The summed E-state index contributed by atoms with van der Waals surface area (Å²) < 4.78 is 0. The maximum atomic E-state index is 10.5. The molecule has 0 spiro atoms. The van der Waals surface area contributed by atoms with Crippen molar-refractivity contribution < 1.29 is 4.79 Å². The summed E-state index contributed by atoms with van der Waals surface area (Å²) in [6.45, 7) is 4.15. The highest BCUT2D eigenvalue weighted by molar-refractivity contribution is 7.44. The Balaban J connectivity index is 2.59. The highest BCUT2D eigenvalue weighted by atomic mass is 28.3. The first-order valence-corrected chi connectivity index (χ1v) is 5.62. The summed E-state index contributed by atoms with van der Waals surface area (Å²) in [7, 11) is -0.326. The predicted octanol–water partition coefficient (Wildman–Crippen LogP) is -0.152. The molecule has 4 heteroatoms. The summed E-state index contributed by atoms with van der Waals surface area (Å²) in [6.07, 6.45) is 0. The van der Waals surface area contributed by atoms with Gasteiger partial charge in [0.25, 0.3) is 0 Å². The van der Waals surface area contributed by atoms with Crippen LogP contribution in [0.15, 0.2) is 0 Å². The molecule has 2 nitrogen and oxygen atoms in total. The lowest BCUT2D eigenvalue weighted by Crippen LogP contribution is -2.67. The molecular weight excluding hydrogens is 105 g/mol. The molecule has 0 aromatic heterocycles. The molecular formula is C3H8BNOSi. The van der Waals surface area contributed by atoms with Crippen LogP contribution in [-0.4, -0.2) is 20.5 Å². The van der Waals surface area contributed by atoms with Gasteiger partial charge in [0.1, 0.15) is 7.94 Å². The third-order valence-corrected chi connectivity index (χ3v) is 3.77. The number of amides is 1. The molecule has 0 atom stereocenters. The van der Waals surface area contributed by atoms with Crippen molar-refractivity contribution in [3.63, 3.8) is 0 Å². The average Bonchev–Trinajstić information content (AvgIpc) is 1.63. The molecule has 0 aromatic rings. The topological polar surface area (TPSA) is 29.1 Å². The first kappa shape index (κ1) is 4.90. The van der Waals surface area contributed by atoms with Crippen LogP contribution in [0.5, 0.6) is 0 Å². The molecule has 1 saturated heterocycles. The van der Waals surface area contributed by atoms with E-state index in [9.17, 15) is 4.79 Å². The van der Waals surface area contributed by atoms with Gasteiger partial charge < -0.3 is 5.23 Å². The lowest BCUT2D eigenvalue weighted by Gasteiger charge is -2.29. The molecule has 1 heterocycles. The molecule has 1 rings (SSSR count). The van der Waals surface area contributed by atoms with Crippen LogP contribution in [0, 0.1) is 0 Å². The van der Waals surface area contributed by atoms with Gasteiger partial charge in [-0.2, -0.15) is 0 Å². The minimum atomic E-state index is -1.30. The zero-order valence-electron chi connectivity index (χ0n) is 4.62. The monoisotopic (exact) mass is 113 g/mol. The molecule has 0 unspecified atom stereocenters. The van der Waals surface area contributed by atoms with Gasteiger partial charge in [0, 0.05) is 0 Å². The fourth-order valence-electron chi connectivity index (χ4n) is 0.514. The molecule has 0 bridgehead atoms. The largest absolute Gasteiger partial charge is 0.409 e. The summed E-state index contributed by atoms with van der Waals surface area (Å²) in [5.74, 6) is 0. The Morgan fingerprint density at radius 2 is 2.14 bits per heavy atom. The number of carbonyl (C=O) groups excluding carboxylic acids is 1. The summed E-state index contributed by atoms with van der Waals surface area (Å²) in [5, 5.41) is 2.72. The van der Waals surface area contributed by atoms with E-state index in [4.69, 9.17) is 0 Å². The lowest BCUT2D eigenvalue weighted by molar-refractivity contribution is 0.261. The Morgan fingerprint density at radius 1 is 1.71 bits per heavy atom. The zero-order valence-corrected chi connectivity index (χ0v) is 5.62. The SMILES string of the molecule is C[Si]1(C)BNC1=O. The molecule has 7 heavy (non-hydrogen) atoms. The molecule has 1 aliphatic rings. The first-order valence-electron chi connectivity index (χ1n) is 2.41. The fourth-order valence-corrected chi connectivity index (χ4v) is 1.54. The normalized spacial score (nSPS) is 24.6. The van der Waals surface area contributed by atoms with Gasteiger partial charge in [-0.1, -0.05) is 13.1 Å². The van der Waals surface area contributed by atoms with Gasteiger partial charge in [0.2, 0.25) is 7.01 Å². The highest BCUT2D eigenvalue weighted by Crippen LogP contribution is 2.06. The van der Waals surface area contributed by atoms with E-state index in [1.807, 2.05) is 0 Å². The maximum Gasteiger partial charge on any atom is 0.236 e. The molecule has 1 N–H and O–H groups in total. The van der Waals surface area contributed by atoms with Crippen LogP contribution in [-0.2, 0) is 0 Å². The smallest absolute Gasteiger partial charge is 0.236 e. The number of nitrogens with one attached hydrogen (secondary N) is 1. The second-order valence-corrected chi connectivity index (χ2v) is 7.14. The fraction of sp³-hybridized carbons (Fsp3) is 0.667. The lowest BCUT2D eigenvalue weighted by atomic mass is 10.4. The Morgan fingerprint density at radius 3 is 2.14 bits per heavy atom. The van der Waals surface area contributed by atoms with E-state index < -0.39 is 7.94 Å². The van der Waals surface area contributed by atoms with Crippen molar-refractivity contribution in [1.82, 2.24) is 5.23 Å². The average molecular weight is 113 g/mol. The van der Waals surface area contributed by atoms with E-state index in [1.165, 1.54) is 0 Å². The summed E-state index contributed by atoms with van der Waals surface area (Å²) in [4.78, 5) is 10.5. The molecule has 1 aliphatic heterocycles. The first-order chi connectivity index (χ1) is 3.13. The Bertz CT molecular complexity index is 114. The summed E-state index contributed by atoms with van der Waals surface area (Å²) in [5.41, 5.74) is 0.313. The summed E-state index contributed by atoms with van der Waals surface area (Å²) in [6, 6.07) is 0. The van der Waals surface area contributed by atoms with Crippen molar-refractivity contribution in [2.75, 3.05) is 0 Å². The standard InChI is InChI=1S/C3H8BNOSi/c1-7(2)3(6)5-4-7/h4H,1-2H3,(H,5,6). The minimum Gasteiger partial charge on any atom is -0.409 e. The van der Waals surface area contributed by atoms with E-state index in [0.717, 1.165) is 7.01 Å². The van der Waals surface area contributed by atoms with Crippen molar-refractivity contribution >= 4 is 20.5 Å². The van der Waals surface area contributed by atoms with Crippen LogP contribution < -0.4 is 5.23 Å². The molecule has 0 aliphatic carbocycles. The minimum absolute atomic E-state index is 0.313.